The van der Waals surface area contributed by atoms with Gasteiger partial charge in [-0.25, -0.2) is 8.78 Å². The van der Waals surface area contributed by atoms with Gasteiger partial charge in [-0.3, -0.25) is 4.79 Å². The summed E-state index contributed by atoms with van der Waals surface area (Å²) in [4.78, 5) is 11.2. The summed E-state index contributed by atoms with van der Waals surface area (Å²) in [5, 5.41) is -0.293. The summed E-state index contributed by atoms with van der Waals surface area (Å²) in [6, 6.07) is 2.73. The highest BCUT2D eigenvalue weighted by molar-refractivity contribution is 6.40. The molecule has 6 heteroatoms. The fraction of sp³-hybridized carbons (Fsp3) is 0.300. The molecule has 1 aromatic carbocycles. The third kappa shape index (κ3) is 2.62. The number of rotatable bonds is 4. The fourth-order valence-corrected chi connectivity index (χ4v) is 1.75. The number of Topliss-reactive ketones (excluding diaryl/α,β-unsaturated/α-hetero) is 1. The first kappa shape index (κ1) is 13.2. The van der Waals surface area contributed by atoms with Crippen LogP contribution >= 0.6 is 23.2 Å². The third-order valence-electron chi connectivity index (χ3n) is 1.80. The molecule has 0 bridgehead atoms. The number of ether oxygens (including phenoxy) is 1. The normalized spacial score (nSPS) is 10.6. The molecule has 0 saturated heterocycles. The van der Waals surface area contributed by atoms with Crippen LogP contribution < -0.4 is 4.74 Å². The molecule has 0 aliphatic carbocycles. The number of halogens is 4. The van der Waals surface area contributed by atoms with Crippen LogP contribution in [0, 0.1) is 0 Å². The first-order valence-corrected chi connectivity index (χ1v) is 5.17. The zero-order valence-electron chi connectivity index (χ0n) is 8.27. The lowest BCUT2D eigenvalue weighted by Gasteiger charge is -2.10. The van der Waals surface area contributed by atoms with Gasteiger partial charge in [-0.15, -0.1) is 0 Å². The summed E-state index contributed by atoms with van der Waals surface area (Å²) < 4.78 is 29.6. The second kappa shape index (κ2) is 5.46. The van der Waals surface area contributed by atoms with E-state index in [2.05, 4.69) is 0 Å². The molecule has 0 heterocycles. The van der Waals surface area contributed by atoms with Crippen molar-refractivity contribution in [1.29, 1.82) is 0 Å². The van der Waals surface area contributed by atoms with Gasteiger partial charge in [0.05, 0.1) is 22.2 Å². The standard InChI is InChI=1S/C10H8Cl2F2O2/c1-2-16-6-4-3-5(11)7(8(6)12)9(15)10(13)14/h3-4,10H,2H2,1H3. The SMILES string of the molecule is CCOc1ccc(Cl)c(C(=O)C(F)F)c1Cl. The molecule has 0 radical (unpaired) electrons. The second-order valence-electron chi connectivity index (χ2n) is 2.83. The quantitative estimate of drug-likeness (QED) is 0.776. The largest absolute Gasteiger partial charge is 0.492 e. The zero-order valence-corrected chi connectivity index (χ0v) is 9.78. The smallest absolute Gasteiger partial charge is 0.300 e. The highest BCUT2D eigenvalue weighted by Crippen LogP contribution is 2.34. The van der Waals surface area contributed by atoms with Crippen molar-refractivity contribution in [3.8, 4) is 5.75 Å². The number of alkyl halides is 2. The Bertz CT molecular complexity index is 408. The van der Waals surface area contributed by atoms with Gasteiger partial charge in [-0.2, -0.15) is 0 Å². The molecule has 0 saturated carbocycles. The molecular formula is C10H8Cl2F2O2. The van der Waals surface area contributed by atoms with Gasteiger partial charge >= 0.3 is 6.43 Å². The molecule has 88 valence electrons. The molecule has 16 heavy (non-hydrogen) atoms. The van der Waals surface area contributed by atoms with E-state index in [1.807, 2.05) is 0 Å². The molecule has 0 atom stereocenters. The number of hydrogen-bond donors (Lipinski definition) is 0. The van der Waals surface area contributed by atoms with Gasteiger partial charge in [0.1, 0.15) is 5.75 Å². The summed E-state index contributed by atoms with van der Waals surface area (Å²) >= 11 is 11.4. The molecule has 2 nitrogen and oxygen atoms in total. The summed E-state index contributed by atoms with van der Waals surface area (Å²) in [5.74, 6) is -1.24. The number of carbonyl (C=O) groups is 1. The maximum atomic E-state index is 12.3. The number of benzene rings is 1. The van der Waals surface area contributed by atoms with Crippen molar-refractivity contribution in [3.63, 3.8) is 0 Å². The van der Waals surface area contributed by atoms with E-state index in [4.69, 9.17) is 27.9 Å². The van der Waals surface area contributed by atoms with Crippen molar-refractivity contribution >= 4 is 29.0 Å². The van der Waals surface area contributed by atoms with Crippen molar-refractivity contribution in [1.82, 2.24) is 0 Å². The van der Waals surface area contributed by atoms with Crippen LogP contribution in [0.15, 0.2) is 12.1 Å². The van der Waals surface area contributed by atoms with Crippen LogP contribution in [0.1, 0.15) is 17.3 Å². The maximum absolute atomic E-state index is 12.3. The molecule has 0 spiro atoms. The van der Waals surface area contributed by atoms with E-state index in [9.17, 15) is 13.6 Å². The van der Waals surface area contributed by atoms with E-state index >= 15 is 0 Å². The number of carbonyl (C=O) groups excluding carboxylic acids is 1. The molecule has 0 aliphatic heterocycles. The van der Waals surface area contributed by atoms with Crippen LogP contribution in [0.5, 0.6) is 5.75 Å². The lowest BCUT2D eigenvalue weighted by atomic mass is 10.1. The Balaban J connectivity index is 3.26. The topological polar surface area (TPSA) is 26.3 Å². The minimum atomic E-state index is -3.15. The molecule has 0 aromatic heterocycles. The van der Waals surface area contributed by atoms with Crippen molar-refractivity contribution < 1.29 is 18.3 Å². The lowest BCUT2D eigenvalue weighted by Crippen LogP contribution is -2.12. The Hall–Kier alpha value is -0.870. The minimum Gasteiger partial charge on any atom is -0.492 e. The zero-order chi connectivity index (χ0) is 12.3. The molecule has 1 aromatic rings. The molecule has 0 fully saturated rings. The van der Waals surface area contributed by atoms with Gasteiger partial charge in [-0.1, -0.05) is 23.2 Å². The van der Waals surface area contributed by atoms with Crippen LogP contribution in [-0.2, 0) is 0 Å². The molecule has 0 unspecified atom stereocenters. The van der Waals surface area contributed by atoms with E-state index in [1.165, 1.54) is 12.1 Å². The summed E-state index contributed by atoms with van der Waals surface area (Å²) in [7, 11) is 0. The Kier molecular flexibility index (Phi) is 4.50. The van der Waals surface area contributed by atoms with Gasteiger partial charge in [0, 0.05) is 0 Å². The highest BCUT2D eigenvalue weighted by Gasteiger charge is 2.25. The van der Waals surface area contributed by atoms with Gasteiger partial charge < -0.3 is 4.74 Å². The van der Waals surface area contributed by atoms with Crippen LogP contribution in [0.3, 0.4) is 0 Å². The van der Waals surface area contributed by atoms with E-state index in [0.717, 1.165) is 0 Å². The van der Waals surface area contributed by atoms with Gasteiger partial charge in [0.25, 0.3) is 0 Å². The predicted octanol–water partition coefficient (Wildman–Crippen LogP) is 3.84. The highest BCUT2D eigenvalue weighted by atomic mass is 35.5. The summed E-state index contributed by atoms with van der Waals surface area (Å²) in [6.45, 7) is 2.02. The molecule has 0 amide bonds. The second-order valence-corrected chi connectivity index (χ2v) is 3.62. The van der Waals surface area contributed by atoms with Crippen LogP contribution in [0.4, 0.5) is 8.78 Å². The minimum absolute atomic E-state index is 0.112. The molecule has 0 aliphatic rings. The van der Waals surface area contributed by atoms with Crippen LogP contribution in [-0.4, -0.2) is 18.8 Å². The Morgan fingerprint density at radius 3 is 2.56 bits per heavy atom. The molecular weight excluding hydrogens is 261 g/mol. The fourth-order valence-electron chi connectivity index (χ4n) is 1.14. The van der Waals surface area contributed by atoms with Crippen LogP contribution in [0.25, 0.3) is 0 Å². The maximum Gasteiger partial charge on any atom is 0.300 e. The summed E-state index contributed by atoms with van der Waals surface area (Å²) in [5.41, 5.74) is -0.399. The first-order valence-electron chi connectivity index (χ1n) is 4.42. The number of ketones is 1. The molecule has 1 rings (SSSR count). The van der Waals surface area contributed by atoms with Gasteiger partial charge in [0.2, 0.25) is 5.78 Å². The van der Waals surface area contributed by atoms with E-state index in [0.29, 0.717) is 6.61 Å². The van der Waals surface area contributed by atoms with E-state index in [-0.39, 0.29) is 15.8 Å². The Labute approximate surface area is 101 Å². The average molecular weight is 269 g/mol. The molecule has 0 N–H and O–H groups in total. The van der Waals surface area contributed by atoms with Gasteiger partial charge in [-0.05, 0) is 19.1 Å². The van der Waals surface area contributed by atoms with E-state index < -0.39 is 17.8 Å². The Morgan fingerprint density at radius 1 is 1.44 bits per heavy atom. The number of hydrogen-bond acceptors (Lipinski definition) is 2. The monoisotopic (exact) mass is 268 g/mol. The van der Waals surface area contributed by atoms with Crippen LogP contribution in [0.2, 0.25) is 10.0 Å². The third-order valence-corrected chi connectivity index (χ3v) is 2.49. The van der Waals surface area contributed by atoms with Crippen molar-refractivity contribution in [2.24, 2.45) is 0 Å². The predicted molar refractivity (Wildman–Crippen MR) is 58.0 cm³/mol. The van der Waals surface area contributed by atoms with Gasteiger partial charge in [0.15, 0.2) is 0 Å². The Morgan fingerprint density at radius 2 is 2.06 bits per heavy atom. The summed E-state index contributed by atoms with van der Waals surface area (Å²) in [6.07, 6.45) is -3.15. The van der Waals surface area contributed by atoms with E-state index in [1.54, 1.807) is 6.92 Å². The van der Waals surface area contributed by atoms with Crippen molar-refractivity contribution in [2.45, 2.75) is 13.3 Å². The first-order chi connectivity index (χ1) is 7.49. The lowest BCUT2D eigenvalue weighted by molar-refractivity contribution is 0.0678. The van der Waals surface area contributed by atoms with Crippen molar-refractivity contribution in [2.75, 3.05) is 6.61 Å². The average Bonchev–Trinajstić information content (AvgIpc) is 2.22. The van der Waals surface area contributed by atoms with Crippen molar-refractivity contribution in [3.05, 3.63) is 27.7 Å².